The summed E-state index contributed by atoms with van der Waals surface area (Å²) in [6.45, 7) is 2.56. The highest BCUT2D eigenvalue weighted by atomic mass is 79.9. The molecule has 1 aromatic carbocycles. The van der Waals surface area contributed by atoms with Gasteiger partial charge in [-0.25, -0.2) is 0 Å². The second-order valence-electron chi connectivity index (χ2n) is 3.84. The predicted molar refractivity (Wildman–Crippen MR) is 77.8 cm³/mol. The first-order chi connectivity index (χ1) is 8.68. The van der Waals surface area contributed by atoms with Crippen LogP contribution >= 0.6 is 28.1 Å². The Morgan fingerprint density at radius 2 is 2.00 bits per heavy atom. The number of amides is 1. The zero-order chi connectivity index (χ0) is 13.0. The fourth-order valence-electron chi connectivity index (χ4n) is 1.65. The Bertz CT molecular complexity index is 461. The minimum Gasteiger partial charge on any atom is -0.378 e. The van der Waals surface area contributed by atoms with Crippen LogP contribution in [-0.2, 0) is 9.53 Å². The van der Waals surface area contributed by atoms with Gasteiger partial charge in [0.1, 0.15) is 0 Å². The number of anilines is 1. The summed E-state index contributed by atoms with van der Waals surface area (Å²) in [5, 5.41) is 2.80. The predicted octanol–water partition coefficient (Wildman–Crippen LogP) is 2.05. The van der Waals surface area contributed by atoms with Crippen molar-refractivity contribution in [2.75, 3.05) is 31.6 Å². The summed E-state index contributed by atoms with van der Waals surface area (Å²) in [6.07, 6.45) is 0. The molecule has 0 radical (unpaired) electrons. The first-order valence-corrected chi connectivity index (χ1v) is 6.81. The molecule has 0 aromatic heterocycles. The average molecular weight is 329 g/mol. The van der Waals surface area contributed by atoms with Gasteiger partial charge in [-0.15, -0.1) is 0 Å². The van der Waals surface area contributed by atoms with Gasteiger partial charge in [0.05, 0.1) is 18.9 Å². The second-order valence-corrected chi connectivity index (χ2v) is 5.08. The molecule has 1 N–H and O–H groups in total. The lowest BCUT2D eigenvalue weighted by atomic mass is 10.3. The summed E-state index contributed by atoms with van der Waals surface area (Å²) in [6, 6.07) is 7.44. The molecule has 0 bridgehead atoms. The molecular weight excluding hydrogens is 316 g/mol. The molecule has 6 heteroatoms. The van der Waals surface area contributed by atoms with Gasteiger partial charge < -0.3 is 15.0 Å². The van der Waals surface area contributed by atoms with E-state index in [9.17, 15) is 4.79 Å². The van der Waals surface area contributed by atoms with E-state index in [4.69, 9.17) is 17.0 Å². The van der Waals surface area contributed by atoms with E-state index in [0.29, 0.717) is 31.3 Å². The highest BCUT2D eigenvalue weighted by Gasteiger charge is 2.20. The normalized spacial score (nSPS) is 15.3. The molecule has 0 unspecified atom stereocenters. The lowest BCUT2D eigenvalue weighted by molar-refractivity contribution is -0.111. The van der Waals surface area contributed by atoms with E-state index < -0.39 is 0 Å². The molecule has 1 aromatic rings. The Balaban J connectivity index is 1.99. The van der Waals surface area contributed by atoms with Crippen LogP contribution in [0.2, 0.25) is 0 Å². The summed E-state index contributed by atoms with van der Waals surface area (Å²) in [5.41, 5.74) is 0.720. The standard InChI is InChI=1S/C12H13BrN2O2S/c13-9-3-1-2-4-10(9)14-11(16)12(18)15-5-7-17-8-6-15/h1-4H,5-8H2,(H,14,16). The van der Waals surface area contributed by atoms with E-state index in [1.807, 2.05) is 29.2 Å². The van der Waals surface area contributed by atoms with Gasteiger partial charge in [-0.3, -0.25) is 4.79 Å². The number of thiocarbonyl (C=S) groups is 1. The van der Waals surface area contributed by atoms with Gasteiger partial charge in [0.15, 0.2) is 4.99 Å². The summed E-state index contributed by atoms with van der Waals surface area (Å²) in [7, 11) is 0. The summed E-state index contributed by atoms with van der Waals surface area (Å²) in [5.74, 6) is -0.251. The lowest BCUT2D eigenvalue weighted by Crippen LogP contribution is -2.44. The van der Waals surface area contributed by atoms with Crippen molar-refractivity contribution < 1.29 is 9.53 Å². The Kier molecular flexibility index (Phi) is 4.68. The minimum atomic E-state index is -0.251. The second kappa shape index (κ2) is 6.26. The van der Waals surface area contributed by atoms with Crippen LogP contribution < -0.4 is 5.32 Å². The number of benzene rings is 1. The number of halogens is 1. The third kappa shape index (κ3) is 3.28. The SMILES string of the molecule is O=C(Nc1ccccc1Br)C(=S)N1CCOCC1. The molecule has 0 aliphatic carbocycles. The van der Waals surface area contributed by atoms with Gasteiger partial charge >= 0.3 is 0 Å². The van der Waals surface area contributed by atoms with Crippen LogP contribution in [-0.4, -0.2) is 42.1 Å². The molecule has 0 spiro atoms. The molecule has 1 aliphatic rings. The van der Waals surface area contributed by atoms with Crippen molar-refractivity contribution in [2.24, 2.45) is 0 Å². The van der Waals surface area contributed by atoms with Gasteiger partial charge in [0, 0.05) is 17.6 Å². The number of rotatable bonds is 1. The largest absolute Gasteiger partial charge is 0.378 e. The maximum atomic E-state index is 12.0. The van der Waals surface area contributed by atoms with Gasteiger partial charge in [-0.2, -0.15) is 0 Å². The maximum Gasteiger partial charge on any atom is 0.283 e. The number of morpholine rings is 1. The van der Waals surface area contributed by atoms with Crippen LogP contribution in [0.15, 0.2) is 28.7 Å². The molecule has 0 atom stereocenters. The average Bonchev–Trinajstić information content (AvgIpc) is 2.41. The molecule has 1 saturated heterocycles. The van der Waals surface area contributed by atoms with Crippen LogP contribution in [0.4, 0.5) is 5.69 Å². The third-order valence-corrected chi connectivity index (χ3v) is 3.75. The topological polar surface area (TPSA) is 41.6 Å². The Labute approximate surface area is 119 Å². The number of carbonyl (C=O) groups excluding carboxylic acids is 1. The molecule has 1 aliphatic heterocycles. The zero-order valence-electron chi connectivity index (χ0n) is 9.69. The molecule has 96 valence electrons. The summed E-state index contributed by atoms with van der Waals surface area (Å²) in [4.78, 5) is 14.2. The monoisotopic (exact) mass is 328 g/mol. The lowest BCUT2D eigenvalue weighted by Gasteiger charge is -2.28. The van der Waals surface area contributed by atoms with Crippen molar-refractivity contribution >= 4 is 44.7 Å². The summed E-state index contributed by atoms with van der Waals surface area (Å²) < 4.78 is 6.06. The van der Waals surface area contributed by atoms with Crippen molar-refractivity contribution in [3.05, 3.63) is 28.7 Å². The molecular formula is C12H13BrN2O2S. The first-order valence-electron chi connectivity index (χ1n) is 5.61. The Morgan fingerprint density at radius 1 is 1.33 bits per heavy atom. The van der Waals surface area contributed by atoms with Crippen LogP contribution in [0.5, 0.6) is 0 Å². The smallest absolute Gasteiger partial charge is 0.283 e. The molecule has 18 heavy (non-hydrogen) atoms. The van der Waals surface area contributed by atoms with Crippen molar-refractivity contribution in [2.45, 2.75) is 0 Å². The van der Waals surface area contributed by atoms with Crippen LogP contribution in [0, 0.1) is 0 Å². The van der Waals surface area contributed by atoms with E-state index in [-0.39, 0.29) is 5.91 Å². The highest BCUT2D eigenvalue weighted by Crippen LogP contribution is 2.21. The highest BCUT2D eigenvalue weighted by molar-refractivity contribution is 9.10. The number of nitrogens with zero attached hydrogens (tertiary/aromatic N) is 1. The number of carbonyl (C=O) groups is 1. The zero-order valence-corrected chi connectivity index (χ0v) is 12.1. The Morgan fingerprint density at radius 3 is 2.67 bits per heavy atom. The fraction of sp³-hybridized carbons (Fsp3) is 0.333. The molecule has 1 fully saturated rings. The molecule has 4 nitrogen and oxygen atoms in total. The van der Waals surface area contributed by atoms with Crippen LogP contribution in [0.3, 0.4) is 0 Å². The fourth-order valence-corrected chi connectivity index (χ4v) is 2.27. The van der Waals surface area contributed by atoms with E-state index in [0.717, 1.165) is 10.2 Å². The quantitative estimate of drug-likeness (QED) is 0.801. The van der Waals surface area contributed by atoms with Gasteiger partial charge in [-0.1, -0.05) is 24.4 Å². The van der Waals surface area contributed by atoms with Crippen molar-refractivity contribution in [1.29, 1.82) is 0 Å². The first kappa shape index (κ1) is 13.5. The third-order valence-electron chi connectivity index (χ3n) is 2.61. The van der Waals surface area contributed by atoms with Crippen molar-refractivity contribution in [3.63, 3.8) is 0 Å². The molecule has 0 saturated carbocycles. The number of nitrogens with one attached hydrogen (secondary N) is 1. The molecule has 2 rings (SSSR count). The van der Waals surface area contributed by atoms with Crippen molar-refractivity contribution in [3.8, 4) is 0 Å². The molecule has 1 heterocycles. The maximum absolute atomic E-state index is 12.0. The number of para-hydroxylation sites is 1. The minimum absolute atomic E-state index is 0.251. The van der Waals surface area contributed by atoms with Crippen LogP contribution in [0.1, 0.15) is 0 Å². The Hall–Kier alpha value is -0.980. The number of ether oxygens (including phenoxy) is 1. The van der Waals surface area contributed by atoms with Crippen molar-refractivity contribution in [1.82, 2.24) is 4.90 Å². The number of hydrogen-bond donors (Lipinski definition) is 1. The van der Waals surface area contributed by atoms with Gasteiger partial charge in [0.2, 0.25) is 0 Å². The molecule has 1 amide bonds. The van der Waals surface area contributed by atoms with Crippen LogP contribution in [0.25, 0.3) is 0 Å². The van der Waals surface area contributed by atoms with Gasteiger partial charge in [-0.05, 0) is 28.1 Å². The van der Waals surface area contributed by atoms with E-state index in [1.54, 1.807) is 0 Å². The van der Waals surface area contributed by atoms with E-state index in [2.05, 4.69) is 21.2 Å². The van der Waals surface area contributed by atoms with E-state index in [1.165, 1.54) is 0 Å². The number of hydrogen-bond acceptors (Lipinski definition) is 3. The van der Waals surface area contributed by atoms with Gasteiger partial charge in [0.25, 0.3) is 5.91 Å². The van der Waals surface area contributed by atoms with E-state index >= 15 is 0 Å². The summed E-state index contributed by atoms with van der Waals surface area (Å²) >= 11 is 8.56.